The predicted molar refractivity (Wildman–Crippen MR) is 124 cm³/mol. The minimum atomic E-state index is -0.498. The molecule has 3 aromatic rings. The van der Waals surface area contributed by atoms with Gasteiger partial charge in [0.05, 0.1) is 0 Å². The molecule has 2 aromatic carbocycles. The van der Waals surface area contributed by atoms with Crippen molar-refractivity contribution in [1.82, 2.24) is 9.97 Å². The van der Waals surface area contributed by atoms with E-state index in [2.05, 4.69) is 31.2 Å². The molecule has 0 bridgehead atoms. The Bertz CT molecular complexity index is 1100. The number of carbonyl (C=O) groups excluding carboxylic acids is 2. The number of ether oxygens (including phenoxy) is 1. The number of halogens is 2. The van der Waals surface area contributed by atoms with Gasteiger partial charge in [0.25, 0.3) is 5.91 Å². The van der Waals surface area contributed by atoms with Gasteiger partial charge in [0.1, 0.15) is 5.82 Å². The predicted octanol–water partition coefficient (Wildman–Crippen LogP) is 4.73. The Morgan fingerprint density at radius 2 is 1.71 bits per heavy atom. The van der Waals surface area contributed by atoms with Crippen molar-refractivity contribution in [2.45, 2.75) is 13.3 Å². The molecule has 0 aliphatic rings. The number of amides is 1. The minimum Gasteiger partial charge on any atom is -0.419 e. The Hall–Kier alpha value is -2.97. The summed E-state index contributed by atoms with van der Waals surface area (Å²) in [4.78, 5) is 34.1. The second-order valence-corrected chi connectivity index (χ2v) is 8.18. The molecule has 3 rings (SSSR count). The lowest BCUT2D eigenvalue weighted by atomic mass is 10.1. The van der Waals surface area contributed by atoms with Gasteiger partial charge in [-0.25, -0.2) is 9.97 Å². The molecule has 1 N–H and O–H groups in total. The molecule has 0 atom stereocenters. The molecule has 0 saturated heterocycles. The third-order valence-corrected chi connectivity index (χ3v) is 4.99. The molecule has 160 valence electrons. The highest BCUT2D eigenvalue weighted by Gasteiger charge is 2.18. The quantitative estimate of drug-likeness (QED) is 0.387. The van der Waals surface area contributed by atoms with E-state index in [-0.39, 0.29) is 16.8 Å². The molecule has 1 heterocycles. The van der Waals surface area contributed by atoms with Crippen molar-refractivity contribution in [2.24, 2.45) is 0 Å². The van der Waals surface area contributed by atoms with Crippen molar-refractivity contribution in [3.8, 4) is 5.75 Å². The molecule has 9 heteroatoms. The van der Waals surface area contributed by atoms with E-state index in [1.165, 1.54) is 6.92 Å². The molecule has 0 aliphatic heterocycles. The van der Waals surface area contributed by atoms with Gasteiger partial charge in [-0.3, -0.25) is 9.59 Å². The molecule has 0 radical (unpaired) electrons. The molecular weight excluding hydrogens is 484 g/mol. The molecule has 0 saturated carbocycles. The van der Waals surface area contributed by atoms with Crippen LogP contribution in [-0.4, -0.2) is 35.9 Å². The zero-order valence-corrected chi connectivity index (χ0v) is 19.5. The highest BCUT2D eigenvalue weighted by atomic mass is 79.9. The molecular formula is C22H20BrClN4O3. The lowest BCUT2D eigenvalue weighted by molar-refractivity contribution is -0.131. The highest BCUT2D eigenvalue weighted by molar-refractivity contribution is 9.10. The van der Waals surface area contributed by atoms with Crippen LogP contribution in [0.1, 0.15) is 28.7 Å². The topological polar surface area (TPSA) is 84.4 Å². The SMILES string of the molecule is CC(=O)Oc1c(Cl)nc(Cc2ccc(NC(=O)c3ccc(Br)cc3)cc2)nc1N(C)C. The standard InChI is InChI=1S/C22H20BrClN4O3/c1-13(29)31-19-20(24)26-18(27-21(19)28(2)3)12-14-4-10-17(11-5-14)25-22(30)15-6-8-16(23)9-7-15/h4-11H,12H2,1-3H3,(H,25,30). The average molecular weight is 504 g/mol. The van der Waals surface area contributed by atoms with Crippen LogP contribution in [0, 0.1) is 0 Å². The molecule has 1 amide bonds. The summed E-state index contributed by atoms with van der Waals surface area (Å²) in [5.74, 6) is 0.350. The van der Waals surface area contributed by atoms with E-state index >= 15 is 0 Å². The number of carbonyl (C=O) groups is 2. The van der Waals surface area contributed by atoms with E-state index in [9.17, 15) is 9.59 Å². The van der Waals surface area contributed by atoms with Crippen LogP contribution >= 0.6 is 27.5 Å². The molecule has 31 heavy (non-hydrogen) atoms. The monoisotopic (exact) mass is 502 g/mol. The van der Waals surface area contributed by atoms with E-state index < -0.39 is 5.97 Å². The van der Waals surface area contributed by atoms with Gasteiger partial charge in [-0.2, -0.15) is 0 Å². The number of aromatic nitrogens is 2. The summed E-state index contributed by atoms with van der Waals surface area (Å²) < 4.78 is 6.07. The Morgan fingerprint density at radius 3 is 2.29 bits per heavy atom. The molecule has 0 aliphatic carbocycles. The maximum Gasteiger partial charge on any atom is 0.308 e. The van der Waals surface area contributed by atoms with E-state index in [1.807, 2.05) is 36.4 Å². The van der Waals surface area contributed by atoms with Crippen molar-refractivity contribution in [3.05, 3.63) is 75.1 Å². The number of nitrogens with one attached hydrogen (secondary N) is 1. The van der Waals surface area contributed by atoms with Crippen LogP contribution < -0.4 is 15.0 Å². The smallest absolute Gasteiger partial charge is 0.308 e. The first-order valence-corrected chi connectivity index (χ1v) is 10.5. The number of anilines is 2. The maximum absolute atomic E-state index is 12.3. The second-order valence-electron chi connectivity index (χ2n) is 6.91. The highest BCUT2D eigenvalue weighted by Crippen LogP contribution is 2.32. The molecule has 0 spiro atoms. The van der Waals surface area contributed by atoms with Crippen LogP contribution in [-0.2, 0) is 11.2 Å². The zero-order valence-electron chi connectivity index (χ0n) is 17.1. The molecule has 0 fully saturated rings. The van der Waals surface area contributed by atoms with Crippen molar-refractivity contribution in [2.75, 3.05) is 24.3 Å². The molecule has 7 nitrogen and oxygen atoms in total. The number of rotatable bonds is 6. The third kappa shape index (κ3) is 6.02. The van der Waals surface area contributed by atoms with E-state index in [4.69, 9.17) is 16.3 Å². The summed E-state index contributed by atoms with van der Waals surface area (Å²) in [6.45, 7) is 1.29. The van der Waals surface area contributed by atoms with Gasteiger partial charge in [-0.15, -0.1) is 0 Å². The van der Waals surface area contributed by atoms with Crippen molar-refractivity contribution >= 4 is 50.9 Å². The van der Waals surface area contributed by atoms with Crippen molar-refractivity contribution < 1.29 is 14.3 Å². The van der Waals surface area contributed by atoms with Crippen molar-refractivity contribution in [3.63, 3.8) is 0 Å². The Labute approximate surface area is 193 Å². The number of benzene rings is 2. The number of hydrogen-bond acceptors (Lipinski definition) is 6. The minimum absolute atomic E-state index is 0.0716. The van der Waals surface area contributed by atoms with Crippen LogP contribution in [0.25, 0.3) is 0 Å². The largest absolute Gasteiger partial charge is 0.419 e. The molecule has 1 aromatic heterocycles. The van der Waals surface area contributed by atoms with Crippen LogP contribution in [0.15, 0.2) is 53.0 Å². The van der Waals surface area contributed by atoms with Gasteiger partial charge in [0.15, 0.2) is 11.0 Å². The van der Waals surface area contributed by atoms with E-state index in [0.717, 1.165) is 10.0 Å². The van der Waals surface area contributed by atoms with Gasteiger partial charge in [0.2, 0.25) is 5.75 Å². The first-order chi connectivity index (χ1) is 14.7. The van der Waals surface area contributed by atoms with Gasteiger partial charge >= 0.3 is 5.97 Å². The van der Waals surface area contributed by atoms with Crippen LogP contribution in [0.4, 0.5) is 11.5 Å². The molecule has 0 unspecified atom stereocenters. The van der Waals surface area contributed by atoms with Crippen molar-refractivity contribution in [1.29, 1.82) is 0 Å². The lowest BCUT2D eigenvalue weighted by Crippen LogP contribution is -2.16. The average Bonchev–Trinajstić information content (AvgIpc) is 2.71. The zero-order chi connectivity index (χ0) is 22.5. The fourth-order valence-electron chi connectivity index (χ4n) is 2.76. The normalized spacial score (nSPS) is 10.5. The third-order valence-electron chi connectivity index (χ3n) is 4.20. The summed E-state index contributed by atoms with van der Waals surface area (Å²) in [5, 5.41) is 2.94. The van der Waals surface area contributed by atoms with Gasteiger partial charge in [0, 0.05) is 43.2 Å². The second kappa shape index (κ2) is 9.89. The maximum atomic E-state index is 12.3. The fourth-order valence-corrected chi connectivity index (χ4v) is 3.25. The Morgan fingerprint density at radius 1 is 1.06 bits per heavy atom. The summed E-state index contributed by atoms with van der Waals surface area (Å²) in [6.07, 6.45) is 0.419. The van der Waals surface area contributed by atoms with Gasteiger partial charge in [-0.1, -0.05) is 39.7 Å². The van der Waals surface area contributed by atoms with Crippen LogP contribution in [0.5, 0.6) is 5.75 Å². The fraction of sp³-hybridized carbons (Fsp3) is 0.182. The summed E-state index contributed by atoms with van der Waals surface area (Å²) >= 11 is 9.59. The van der Waals surface area contributed by atoms with E-state index in [1.54, 1.807) is 31.1 Å². The first kappa shape index (κ1) is 22.7. The van der Waals surface area contributed by atoms with Gasteiger partial charge in [-0.05, 0) is 42.0 Å². The number of esters is 1. The van der Waals surface area contributed by atoms with Crippen LogP contribution in [0.2, 0.25) is 5.15 Å². The first-order valence-electron chi connectivity index (χ1n) is 9.31. The lowest BCUT2D eigenvalue weighted by Gasteiger charge is -2.17. The number of nitrogens with zero attached hydrogens (tertiary/aromatic N) is 3. The number of hydrogen-bond donors (Lipinski definition) is 1. The van der Waals surface area contributed by atoms with Gasteiger partial charge < -0.3 is 15.0 Å². The summed E-state index contributed by atoms with van der Waals surface area (Å²) in [6, 6.07) is 14.5. The summed E-state index contributed by atoms with van der Waals surface area (Å²) in [7, 11) is 3.55. The summed E-state index contributed by atoms with van der Waals surface area (Å²) in [5.41, 5.74) is 2.18. The Balaban J connectivity index is 1.74. The van der Waals surface area contributed by atoms with E-state index in [0.29, 0.717) is 29.3 Å². The van der Waals surface area contributed by atoms with Crippen LogP contribution in [0.3, 0.4) is 0 Å². The Kier molecular flexibility index (Phi) is 7.25.